The van der Waals surface area contributed by atoms with E-state index >= 15 is 0 Å². The molecule has 1 saturated heterocycles. The van der Waals surface area contributed by atoms with Crippen LogP contribution in [0.2, 0.25) is 0 Å². The number of carbonyl (C=O) groups is 2. The van der Waals surface area contributed by atoms with Crippen LogP contribution in [0.5, 0.6) is 0 Å². The van der Waals surface area contributed by atoms with Crippen molar-refractivity contribution in [2.24, 2.45) is 5.41 Å². The van der Waals surface area contributed by atoms with Gasteiger partial charge in [-0.25, -0.2) is 0 Å². The number of carbonyl (C=O) groups excluding carboxylic acids is 2. The zero-order valence-electron chi connectivity index (χ0n) is 12.9. The number of rotatable bonds is 5. The lowest BCUT2D eigenvalue weighted by Gasteiger charge is -2.24. The Kier molecular flexibility index (Phi) is 5.13. The van der Waals surface area contributed by atoms with E-state index in [0.29, 0.717) is 22.6 Å². The Bertz CT molecular complexity index is 557. The molecule has 1 rings (SSSR count). The molecule has 5 heteroatoms. The predicted octanol–water partition coefficient (Wildman–Crippen LogP) is 2.23. The van der Waals surface area contributed by atoms with Crippen LogP contribution in [-0.4, -0.2) is 26.1 Å². The second-order valence-corrected chi connectivity index (χ2v) is 5.03. The average Bonchev–Trinajstić information content (AvgIpc) is 2.68. The molecule has 1 aliphatic heterocycles. The number of allylic oxidation sites excluding steroid dienone is 5. The summed E-state index contributed by atoms with van der Waals surface area (Å²) < 4.78 is 9.83. The van der Waals surface area contributed by atoms with Crippen LogP contribution in [0.4, 0.5) is 0 Å². The Labute approximate surface area is 125 Å². The van der Waals surface area contributed by atoms with E-state index < -0.39 is 17.3 Å². The van der Waals surface area contributed by atoms with Gasteiger partial charge < -0.3 is 14.8 Å². The van der Waals surface area contributed by atoms with Gasteiger partial charge in [0.05, 0.1) is 20.0 Å². The van der Waals surface area contributed by atoms with E-state index in [9.17, 15) is 9.59 Å². The molecule has 1 fully saturated rings. The van der Waals surface area contributed by atoms with Crippen LogP contribution in [-0.2, 0) is 19.1 Å². The van der Waals surface area contributed by atoms with Gasteiger partial charge in [-0.1, -0.05) is 12.2 Å². The number of amides is 1. The Morgan fingerprint density at radius 1 is 1.33 bits per heavy atom. The Morgan fingerprint density at radius 3 is 2.43 bits per heavy atom. The Morgan fingerprint density at radius 2 is 1.95 bits per heavy atom. The van der Waals surface area contributed by atoms with Crippen LogP contribution in [0.3, 0.4) is 0 Å². The molecule has 21 heavy (non-hydrogen) atoms. The topological polar surface area (TPSA) is 64.6 Å². The quantitative estimate of drug-likeness (QED) is 0.365. The second kappa shape index (κ2) is 6.43. The lowest BCUT2D eigenvalue weighted by molar-refractivity contribution is -0.154. The minimum absolute atomic E-state index is 0.161. The van der Waals surface area contributed by atoms with E-state index in [4.69, 9.17) is 9.47 Å². The van der Waals surface area contributed by atoms with Gasteiger partial charge in [0.15, 0.2) is 5.41 Å². The first-order valence-electron chi connectivity index (χ1n) is 6.46. The van der Waals surface area contributed by atoms with Crippen molar-refractivity contribution in [1.29, 1.82) is 0 Å². The van der Waals surface area contributed by atoms with E-state index in [1.807, 2.05) is 0 Å². The summed E-state index contributed by atoms with van der Waals surface area (Å²) >= 11 is 0. The number of hydrogen-bond acceptors (Lipinski definition) is 4. The molecule has 0 aromatic rings. The molecule has 0 aromatic carbocycles. The zero-order chi connectivity index (χ0) is 16.2. The molecule has 0 spiro atoms. The third kappa shape index (κ3) is 3.07. The van der Waals surface area contributed by atoms with Gasteiger partial charge in [0.2, 0.25) is 5.91 Å². The zero-order valence-corrected chi connectivity index (χ0v) is 12.9. The second-order valence-electron chi connectivity index (χ2n) is 5.03. The first-order chi connectivity index (χ1) is 9.79. The summed E-state index contributed by atoms with van der Waals surface area (Å²) in [5, 5.41) is 2.68. The van der Waals surface area contributed by atoms with E-state index in [1.165, 1.54) is 7.11 Å². The molecule has 0 bridgehead atoms. The van der Waals surface area contributed by atoms with Crippen LogP contribution in [0.25, 0.3) is 0 Å². The van der Waals surface area contributed by atoms with Crippen LogP contribution >= 0.6 is 0 Å². The summed E-state index contributed by atoms with van der Waals surface area (Å²) in [5.41, 5.74) is 0.105. The molecule has 1 heterocycles. The van der Waals surface area contributed by atoms with Crippen LogP contribution in [0, 0.1) is 5.41 Å². The van der Waals surface area contributed by atoms with E-state index in [1.54, 1.807) is 33.1 Å². The minimum Gasteiger partial charge on any atom is -0.501 e. The highest BCUT2D eigenvalue weighted by Crippen LogP contribution is 2.42. The van der Waals surface area contributed by atoms with Gasteiger partial charge in [0, 0.05) is 5.70 Å². The molecule has 1 unspecified atom stereocenters. The molecule has 5 nitrogen and oxygen atoms in total. The largest absolute Gasteiger partial charge is 0.501 e. The van der Waals surface area contributed by atoms with Gasteiger partial charge in [-0.3, -0.25) is 9.59 Å². The van der Waals surface area contributed by atoms with Crippen LogP contribution < -0.4 is 5.32 Å². The lowest BCUT2D eigenvalue weighted by atomic mass is 9.76. The SMILES string of the molecule is C=C(C)CC1(C(=O)OC)C(=C)C(=CC=C(C)OC)NC1=O. The number of ether oxygens (including phenoxy) is 2. The lowest BCUT2D eigenvalue weighted by Crippen LogP contribution is -2.40. The molecule has 1 N–H and O–H groups in total. The number of esters is 1. The normalized spacial score (nSPS) is 24.0. The van der Waals surface area contributed by atoms with Crippen molar-refractivity contribution in [2.45, 2.75) is 20.3 Å². The van der Waals surface area contributed by atoms with E-state index in [-0.39, 0.29) is 6.42 Å². The van der Waals surface area contributed by atoms with Crippen LogP contribution in [0.15, 0.2) is 47.9 Å². The van der Waals surface area contributed by atoms with Gasteiger partial charge >= 0.3 is 5.97 Å². The third-order valence-corrected chi connectivity index (χ3v) is 3.38. The fourth-order valence-electron chi connectivity index (χ4n) is 2.18. The molecule has 1 aliphatic rings. The highest BCUT2D eigenvalue weighted by Gasteiger charge is 2.54. The molecule has 0 aromatic heterocycles. The standard InChI is InChI=1S/C16H21NO4/c1-10(2)9-16(15(19)21-6)12(4)13(17-14(16)18)8-7-11(3)20-5/h7-8H,1,4,9H2,2-3,5-6H3,(H,17,18). The Balaban J connectivity index is 3.29. The minimum atomic E-state index is -1.44. The molecular weight excluding hydrogens is 270 g/mol. The first kappa shape index (κ1) is 16.8. The van der Waals surface area contributed by atoms with Gasteiger partial charge in [0.1, 0.15) is 0 Å². The van der Waals surface area contributed by atoms with Gasteiger partial charge in [0.25, 0.3) is 0 Å². The van der Waals surface area contributed by atoms with Gasteiger partial charge in [-0.15, -0.1) is 6.58 Å². The Hall–Kier alpha value is -2.30. The van der Waals surface area contributed by atoms with Crippen molar-refractivity contribution in [3.63, 3.8) is 0 Å². The predicted molar refractivity (Wildman–Crippen MR) is 80.0 cm³/mol. The van der Waals surface area contributed by atoms with E-state index in [2.05, 4.69) is 18.5 Å². The summed E-state index contributed by atoms with van der Waals surface area (Å²) in [5.74, 6) is -0.416. The van der Waals surface area contributed by atoms with Crippen molar-refractivity contribution in [3.05, 3.63) is 47.9 Å². The van der Waals surface area contributed by atoms with E-state index in [0.717, 1.165) is 0 Å². The molecule has 0 aliphatic carbocycles. The number of nitrogens with one attached hydrogen (secondary N) is 1. The summed E-state index contributed by atoms with van der Waals surface area (Å²) in [6, 6.07) is 0. The van der Waals surface area contributed by atoms with Crippen molar-refractivity contribution in [3.8, 4) is 0 Å². The fourth-order valence-corrected chi connectivity index (χ4v) is 2.18. The monoisotopic (exact) mass is 291 g/mol. The van der Waals surface area contributed by atoms with Crippen molar-refractivity contribution in [1.82, 2.24) is 5.32 Å². The molecule has 1 atom stereocenters. The molecule has 1 amide bonds. The highest BCUT2D eigenvalue weighted by molar-refractivity contribution is 6.11. The summed E-state index contributed by atoms with van der Waals surface area (Å²) in [6.07, 6.45) is 3.51. The number of methoxy groups -OCH3 is 2. The maximum atomic E-state index is 12.4. The smallest absolute Gasteiger partial charge is 0.326 e. The first-order valence-corrected chi connectivity index (χ1v) is 6.46. The third-order valence-electron chi connectivity index (χ3n) is 3.38. The van der Waals surface area contributed by atoms with Crippen molar-refractivity contribution >= 4 is 11.9 Å². The summed E-state index contributed by atoms with van der Waals surface area (Å²) in [4.78, 5) is 24.5. The molecule has 0 radical (unpaired) electrons. The van der Waals surface area contributed by atoms with Crippen molar-refractivity contribution < 1.29 is 19.1 Å². The summed E-state index contributed by atoms with van der Waals surface area (Å²) in [6.45, 7) is 11.2. The molecule has 114 valence electrons. The maximum Gasteiger partial charge on any atom is 0.326 e. The summed E-state index contributed by atoms with van der Waals surface area (Å²) in [7, 11) is 2.80. The molecular formula is C16H21NO4. The average molecular weight is 291 g/mol. The fraction of sp³-hybridized carbons (Fsp3) is 0.375. The highest BCUT2D eigenvalue weighted by atomic mass is 16.5. The van der Waals surface area contributed by atoms with Gasteiger partial charge in [-0.05, 0) is 38.0 Å². The maximum absolute atomic E-state index is 12.4. The van der Waals surface area contributed by atoms with Crippen LogP contribution in [0.1, 0.15) is 20.3 Å². The van der Waals surface area contributed by atoms with Crippen molar-refractivity contribution in [2.75, 3.05) is 14.2 Å². The molecule has 0 saturated carbocycles. The number of hydrogen-bond donors (Lipinski definition) is 1. The van der Waals surface area contributed by atoms with Gasteiger partial charge in [-0.2, -0.15) is 0 Å².